The number of anilines is 1. The van der Waals surface area contributed by atoms with E-state index in [0.717, 1.165) is 11.3 Å². The summed E-state index contributed by atoms with van der Waals surface area (Å²) in [5.41, 5.74) is 0. The SMILES string of the molecule is O=S(=O)(Nc1n[nH]c(=S)s1)c1ccccc1. The van der Waals surface area contributed by atoms with Crippen LogP contribution >= 0.6 is 23.6 Å². The van der Waals surface area contributed by atoms with Crippen LogP contribution in [0, 0.1) is 3.95 Å². The third kappa shape index (κ3) is 2.46. The molecule has 0 amide bonds. The number of sulfonamides is 1. The van der Waals surface area contributed by atoms with Gasteiger partial charge in [-0.15, -0.1) is 5.10 Å². The maximum Gasteiger partial charge on any atom is 0.263 e. The van der Waals surface area contributed by atoms with Crippen LogP contribution in [0.1, 0.15) is 0 Å². The Hall–Kier alpha value is -1.25. The number of nitrogens with one attached hydrogen (secondary N) is 2. The van der Waals surface area contributed by atoms with Crippen molar-refractivity contribution >= 4 is 38.7 Å². The molecule has 0 spiro atoms. The van der Waals surface area contributed by atoms with E-state index in [9.17, 15) is 8.42 Å². The van der Waals surface area contributed by atoms with Gasteiger partial charge in [0.2, 0.25) is 5.13 Å². The molecule has 0 bridgehead atoms. The number of H-pyrrole nitrogens is 1. The van der Waals surface area contributed by atoms with Gasteiger partial charge in [0.25, 0.3) is 10.0 Å². The Morgan fingerprint density at radius 2 is 2.00 bits per heavy atom. The molecule has 84 valence electrons. The molecule has 0 saturated carbocycles. The first-order chi connectivity index (χ1) is 7.58. The average Bonchev–Trinajstić information content (AvgIpc) is 2.64. The van der Waals surface area contributed by atoms with Gasteiger partial charge >= 0.3 is 0 Å². The molecule has 1 aromatic heterocycles. The third-order valence-electron chi connectivity index (χ3n) is 1.71. The lowest BCUT2D eigenvalue weighted by molar-refractivity contribution is 0.601. The molecular formula is C8H7N3O2S3. The molecule has 5 nitrogen and oxygen atoms in total. The average molecular weight is 273 g/mol. The molecule has 2 rings (SSSR count). The summed E-state index contributed by atoms with van der Waals surface area (Å²) in [6, 6.07) is 8.07. The van der Waals surface area contributed by atoms with E-state index >= 15 is 0 Å². The minimum Gasteiger partial charge on any atom is -0.256 e. The Balaban J connectivity index is 2.31. The van der Waals surface area contributed by atoms with Crippen molar-refractivity contribution < 1.29 is 8.42 Å². The van der Waals surface area contributed by atoms with Crippen molar-refractivity contribution in [3.8, 4) is 0 Å². The highest BCUT2D eigenvalue weighted by Gasteiger charge is 2.14. The monoisotopic (exact) mass is 273 g/mol. The minimum atomic E-state index is -3.57. The Bertz CT molecular complexity index is 630. The van der Waals surface area contributed by atoms with E-state index < -0.39 is 10.0 Å². The number of aromatic nitrogens is 2. The zero-order valence-corrected chi connectivity index (χ0v) is 10.3. The fraction of sp³-hybridized carbons (Fsp3) is 0. The highest BCUT2D eigenvalue weighted by atomic mass is 32.2. The molecule has 2 N–H and O–H groups in total. The number of hydrogen-bond acceptors (Lipinski definition) is 5. The summed E-state index contributed by atoms with van der Waals surface area (Å²) in [5, 5.41) is 6.46. The van der Waals surface area contributed by atoms with Crippen molar-refractivity contribution in [1.29, 1.82) is 0 Å². The molecule has 8 heteroatoms. The topological polar surface area (TPSA) is 74.8 Å². The summed E-state index contributed by atoms with van der Waals surface area (Å²) in [7, 11) is -3.57. The highest BCUT2D eigenvalue weighted by molar-refractivity contribution is 7.93. The van der Waals surface area contributed by atoms with E-state index in [0.29, 0.717) is 3.95 Å². The van der Waals surface area contributed by atoms with Crippen LogP contribution in [0.5, 0.6) is 0 Å². The van der Waals surface area contributed by atoms with Gasteiger partial charge in [0.15, 0.2) is 3.95 Å². The highest BCUT2D eigenvalue weighted by Crippen LogP contribution is 2.17. The minimum absolute atomic E-state index is 0.191. The first kappa shape index (κ1) is 11.2. The Morgan fingerprint density at radius 3 is 2.56 bits per heavy atom. The largest absolute Gasteiger partial charge is 0.263 e. The van der Waals surface area contributed by atoms with Crippen molar-refractivity contribution in [2.24, 2.45) is 0 Å². The van der Waals surface area contributed by atoms with Crippen LogP contribution in [0.4, 0.5) is 5.13 Å². The number of nitrogens with zero attached hydrogens (tertiary/aromatic N) is 1. The Labute approximate surface area is 101 Å². The van der Waals surface area contributed by atoms with E-state index in [1.165, 1.54) is 12.1 Å². The van der Waals surface area contributed by atoms with Crippen molar-refractivity contribution in [3.05, 3.63) is 34.3 Å². The summed E-state index contributed by atoms with van der Waals surface area (Å²) in [6.07, 6.45) is 0. The normalized spacial score (nSPS) is 11.2. The molecule has 2 aromatic rings. The molecule has 0 unspecified atom stereocenters. The first-order valence-corrected chi connectivity index (χ1v) is 6.92. The maximum atomic E-state index is 11.8. The van der Waals surface area contributed by atoms with Gasteiger partial charge in [0.1, 0.15) is 0 Å². The zero-order valence-electron chi connectivity index (χ0n) is 7.88. The van der Waals surface area contributed by atoms with Gasteiger partial charge in [-0.05, 0) is 24.4 Å². The zero-order chi connectivity index (χ0) is 11.6. The van der Waals surface area contributed by atoms with Gasteiger partial charge in [-0.2, -0.15) is 0 Å². The predicted octanol–water partition coefficient (Wildman–Crippen LogP) is 2.00. The number of hydrogen-bond donors (Lipinski definition) is 2. The summed E-state index contributed by atoms with van der Waals surface area (Å²) >= 11 is 5.87. The lowest BCUT2D eigenvalue weighted by Crippen LogP contribution is -2.12. The lowest BCUT2D eigenvalue weighted by atomic mass is 10.4. The molecule has 0 atom stereocenters. The lowest BCUT2D eigenvalue weighted by Gasteiger charge is -2.03. The van der Waals surface area contributed by atoms with Crippen LogP contribution in [-0.2, 0) is 10.0 Å². The van der Waals surface area contributed by atoms with E-state index in [1.54, 1.807) is 18.2 Å². The van der Waals surface area contributed by atoms with Crippen molar-refractivity contribution in [2.45, 2.75) is 4.90 Å². The second kappa shape index (κ2) is 4.32. The van der Waals surface area contributed by atoms with Gasteiger partial charge < -0.3 is 0 Å². The van der Waals surface area contributed by atoms with Gasteiger partial charge in [-0.25, -0.2) is 8.42 Å². The summed E-state index contributed by atoms with van der Waals surface area (Å²) < 4.78 is 26.4. The quantitative estimate of drug-likeness (QED) is 0.839. The number of aromatic amines is 1. The Morgan fingerprint density at radius 1 is 1.31 bits per heavy atom. The van der Waals surface area contributed by atoms with Crippen molar-refractivity contribution in [2.75, 3.05) is 4.72 Å². The van der Waals surface area contributed by atoms with Crippen LogP contribution < -0.4 is 4.72 Å². The fourth-order valence-corrected chi connectivity index (χ4v) is 3.09. The summed E-state index contributed by atoms with van der Waals surface area (Å²) in [5.74, 6) is 0. The fourth-order valence-electron chi connectivity index (χ4n) is 1.05. The van der Waals surface area contributed by atoms with Crippen LogP contribution in [0.2, 0.25) is 0 Å². The molecule has 0 saturated heterocycles. The van der Waals surface area contributed by atoms with Crippen molar-refractivity contribution in [3.63, 3.8) is 0 Å². The molecular weight excluding hydrogens is 266 g/mol. The number of rotatable bonds is 3. The standard InChI is InChI=1S/C8H7N3O2S3/c12-16(13,6-4-2-1-3-5-6)11-7-9-10-8(14)15-7/h1-5H,(H,9,11)(H,10,14). The van der Waals surface area contributed by atoms with Crippen LogP contribution in [0.25, 0.3) is 0 Å². The molecule has 0 fully saturated rings. The van der Waals surface area contributed by atoms with Gasteiger partial charge in [0, 0.05) is 0 Å². The molecule has 0 radical (unpaired) electrons. The Kier molecular flexibility index (Phi) is 3.03. The molecule has 1 aromatic carbocycles. The molecule has 1 heterocycles. The summed E-state index contributed by atoms with van der Waals surface area (Å²) in [4.78, 5) is 0.191. The van der Waals surface area contributed by atoms with E-state index in [2.05, 4.69) is 14.9 Å². The van der Waals surface area contributed by atoms with Crippen LogP contribution in [0.3, 0.4) is 0 Å². The summed E-state index contributed by atoms with van der Waals surface area (Å²) in [6.45, 7) is 0. The van der Waals surface area contributed by atoms with Crippen LogP contribution in [0.15, 0.2) is 35.2 Å². The van der Waals surface area contributed by atoms with E-state index in [-0.39, 0.29) is 10.0 Å². The number of benzene rings is 1. The molecule has 0 aliphatic carbocycles. The van der Waals surface area contributed by atoms with E-state index in [4.69, 9.17) is 12.2 Å². The van der Waals surface area contributed by atoms with Crippen molar-refractivity contribution in [1.82, 2.24) is 10.2 Å². The van der Waals surface area contributed by atoms with Gasteiger partial charge in [-0.3, -0.25) is 9.82 Å². The van der Waals surface area contributed by atoms with Crippen LogP contribution in [-0.4, -0.2) is 18.6 Å². The first-order valence-electron chi connectivity index (χ1n) is 4.21. The third-order valence-corrected chi connectivity index (χ3v) is 4.20. The smallest absolute Gasteiger partial charge is 0.256 e. The van der Waals surface area contributed by atoms with Gasteiger partial charge in [0.05, 0.1) is 4.90 Å². The molecule has 0 aliphatic rings. The van der Waals surface area contributed by atoms with E-state index in [1.807, 2.05) is 0 Å². The molecule has 0 aliphatic heterocycles. The second-order valence-corrected chi connectivity index (χ2v) is 6.18. The predicted molar refractivity (Wildman–Crippen MR) is 64.5 cm³/mol. The molecule has 16 heavy (non-hydrogen) atoms. The maximum absolute atomic E-state index is 11.8. The second-order valence-electron chi connectivity index (χ2n) is 2.84. The van der Waals surface area contributed by atoms with Gasteiger partial charge in [-0.1, -0.05) is 29.5 Å².